The van der Waals surface area contributed by atoms with Gasteiger partial charge in [0.05, 0.1) is 11.7 Å². The molecule has 0 saturated carbocycles. The molecule has 0 radical (unpaired) electrons. The van der Waals surface area contributed by atoms with Crippen molar-refractivity contribution in [1.82, 2.24) is 16.0 Å². The molecule has 3 atom stereocenters. The molecular formula is C25H29F2N3O3S. The highest BCUT2D eigenvalue weighted by molar-refractivity contribution is 7.99. The maximum absolute atomic E-state index is 13.5. The first-order chi connectivity index (χ1) is 16.2. The number of halogens is 2. The molecular weight excluding hydrogens is 460 g/mol. The van der Waals surface area contributed by atoms with Crippen LogP contribution >= 0.6 is 11.8 Å². The van der Waals surface area contributed by atoms with E-state index in [0.717, 1.165) is 23.8 Å². The summed E-state index contributed by atoms with van der Waals surface area (Å²) in [6.07, 6.45) is 0.0650. The van der Waals surface area contributed by atoms with Gasteiger partial charge in [0.1, 0.15) is 23.7 Å². The predicted molar refractivity (Wildman–Crippen MR) is 128 cm³/mol. The number of hydrogen-bond acceptors (Lipinski definition) is 4. The van der Waals surface area contributed by atoms with Gasteiger partial charge in [-0.25, -0.2) is 8.78 Å². The van der Waals surface area contributed by atoms with Crippen LogP contribution in [0, 0.1) is 17.6 Å². The van der Waals surface area contributed by atoms with Crippen LogP contribution in [0.5, 0.6) is 0 Å². The molecule has 1 heterocycles. The van der Waals surface area contributed by atoms with Crippen LogP contribution in [0.2, 0.25) is 0 Å². The number of carbonyl (C=O) groups excluding carboxylic acids is 3. The minimum atomic E-state index is -0.900. The lowest BCUT2D eigenvalue weighted by Crippen LogP contribution is -2.55. The highest BCUT2D eigenvalue weighted by Gasteiger charge is 2.35. The topological polar surface area (TPSA) is 87.3 Å². The van der Waals surface area contributed by atoms with E-state index in [2.05, 4.69) is 16.0 Å². The van der Waals surface area contributed by atoms with Crippen molar-refractivity contribution in [3.63, 3.8) is 0 Å². The van der Waals surface area contributed by atoms with E-state index in [1.165, 1.54) is 0 Å². The maximum Gasteiger partial charge on any atom is 0.244 e. The number of amides is 3. The zero-order chi connectivity index (χ0) is 24.7. The molecule has 0 aromatic heterocycles. The highest BCUT2D eigenvalue weighted by Crippen LogP contribution is 2.33. The summed E-state index contributed by atoms with van der Waals surface area (Å²) >= 11 is 1.58. The molecule has 0 bridgehead atoms. The lowest BCUT2D eigenvalue weighted by molar-refractivity contribution is -0.132. The van der Waals surface area contributed by atoms with Crippen LogP contribution in [-0.2, 0) is 20.8 Å². The minimum absolute atomic E-state index is 0.0740. The molecule has 1 saturated heterocycles. The second-order valence-corrected chi connectivity index (χ2v) is 9.93. The Balaban J connectivity index is 1.75. The molecule has 2 aromatic rings. The third-order valence-corrected chi connectivity index (χ3v) is 6.70. The Morgan fingerprint density at radius 3 is 2.44 bits per heavy atom. The number of rotatable bonds is 8. The van der Waals surface area contributed by atoms with E-state index in [1.54, 1.807) is 11.8 Å². The van der Waals surface area contributed by atoms with Gasteiger partial charge in [-0.15, -0.1) is 11.8 Å². The van der Waals surface area contributed by atoms with Crippen molar-refractivity contribution in [3.05, 3.63) is 71.3 Å². The zero-order valence-electron chi connectivity index (χ0n) is 19.1. The van der Waals surface area contributed by atoms with Crippen molar-refractivity contribution < 1.29 is 23.2 Å². The summed E-state index contributed by atoms with van der Waals surface area (Å²) in [7, 11) is 0. The molecule has 0 spiro atoms. The number of carbonyl (C=O) groups is 3. The fourth-order valence-electron chi connectivity index (χ4n) is 3.88. The van der Waals surface area contributed by atoms with Gasteiger partial charge in [-0.05, 0) is 35.6 Å². The molecule has 0 aliphatic carbocycles. The van der Waals surface area contributed by atoms with Gasteiger partial charge in [-0.3, -0.25) is 14.4 Å². The zero-order valence-corrected chi connectivity index (χ0v) is 20.0. The van der Waals surface area contributed by atoms with Crippen LogP contribution in [-0.4, -0.2) is 42.1 Å². The molecule has 1 fully saturated rings. The molecule has 34 heavy (non-hydrogen) atoms. The van der Waals surface area contributed by atoms with Crippen molar-refractivity contribution in [2.45, 2.75) is 44.0 Å². The van der Waals surface area contributed by atoms with Gasteiger partial charge in [0.15, 0.2) is 0 Å². The van der Waals surface area contributed by atoms with Gasteiger partial charge >= 0.3 is 0 Å². The van der Waals surface area contributed by atoms with Crippen LogP contribution in [0.4, 0.5) is 8.78 Å². The third kappa shape index (κ3) is 7.28. The van der Waals surface area contributed by atoms with Gasteiger partial charge in [0.2, 0.25) is 17.7 Å². The van der Waals surface area contributed by atoms with E-state index in [1.807, 2.05) is 44.2 Å². The minimum Gasteiger partial charge on any atom is -0.353 e. The third-order valence-electron chi connectivity index (χ3n) is 5.36. The van der Waals surface area contributed by atoms with Crippen molar-refractivity contribution in [1.29, 1.82) is 0 Å². The second kappa shape index (κ2) is 12.0. The molecule has 3 rings (SSSR count). The average Bonchev–Trinajstić information content (AvgIpc) is 2.94. The fourth-order valence-corrected chi connectivity index (χ4v) is 5.08. The number of hydrogen-bond donors (Lipinski definition) is 3. The number of thioether (sulfide) groups is 1. The Labute approximate surface area is 202 Å². The van der Waals surface area contributed by atoms with Crippen LogP contribution in [0.25, 0.3) is 0 Å². The first-order valence-electron chi connectivity index (χ1n) is 11.2. The lowest BCUT2D eigenvalue weighted by atomic mass is 10.0. The van der Waals surface area contributed by atoms with Crippen LogP contribution in [0.15, 0.2) is 48.5 Å². The summed E-state index contributed by atoms with van der Waals surface area (Å²) in [5.41, 5.74) is 1.09. The van der Waals surface area contributed by atoms with E-state index in [4.69, 9.17) is 0 Å². The van der Waals surface area contributed by atoms with E-state index in [9.17, 15) is 23.2 Å². The average molecular weight is 490 g/mol. The van der Waals surface area contributed by atoms with E-state index < -0.39 is 35.5 Å². The van der Waals surface area contributed by atoms with Gasteiger partial charge in [-0.2, -0.15) is 0 Å². The SMILES string of the molecule is CC(C)C[C@H](NC(=O)Cc1cc(F)cc(F)c1)C(=O)N[C@@H]1C(=O)NCCS[C@@H]1c1ccccc1. The number of benzene rings is 2. The van der Waals surface area contributed by atoms with E-state index >= 15 is 0 Å². The quantitative estimate of drug-likeness (QED) is 0.532. The summed E-state index contributed by atoms with van der Waals surface area (Å²) in [5, 5.41) is 8.07. The van der Waals surface area contributed by atoms with Crippen LogP contribution in [0.3, 0.4) is 0 Å². The fraction of sp³-hybridized carbons (Fsp3) is 0.400. The van der Waals surface area contributed by atoms with Crippen molar-refractivity contribution in [2.75, 3.05) is 12.3 Å². The largest absolute Gasteiger partial charge is 0.353 e. The van der Waals surface area contributed by atoms with Crippen molar-refractivity contribution in [3.8, 4) is 0 Å². The van der Waals surface area contributed by atoms with Gasteiger partial charge < -0.3 is 16.0 Å². The van der Waals surface area contributed by atoms with Crippen LogP contribution < -0.4 is 16.0 Å². The Morgan fingerprint density at radius 2 is 1.79 bits per heavy atom. The molecule has 1 aliphatic rings. The smallest absolute Gasteiger partial charge is 0.244 e. The second-order valence-electron chi connectivity index (χ2n) is 8.68. The van der Waals surface area contributed by atoms with E-state index in [0.29, 0.717) is 18.7 Å². The molecule has 6 nitrogen and oxygen atoms in total. The first kappa shape index (κ1) is 25.7. The molecule has 3 amide bonds. The standard InChI is InChI=1S/C25H29F2N3O3S/c1-15(2)10-20(29-21(31)13-16-11-18(26)14-19(27)12-16)24(32)30-22-23(17-6-4-3-5-7-17)34-9-8-28-25(22)33/h3-7,11-12,14-15,20,22-23H,8-10,13H2,1-2H3,(H,28,33)(H,29,31)(H,30,32)/t20-,22-,23+/m0/s1. The molecule has 3 N–H and O–H groups in total. The Morgan fingerprint density at radius 1 is 1.12 bits per heavy atom. The van der Waals surface area contributed by atoms with Gasteiger partial charge in [0, 0.05) is 18.4 Å². The summed E-state index contributed by atoms with van der Waals surface area (Å²) in [6, 6.07) is 10.7. The van der Waals surface area contributed by atoms with Crippen molar-refractivity contribution >= 4 is 29.5 Å². The van der Waals surface area contributed by atoms with Gasteiger partial charge in [0.25, 0.3) is 0 Å². The summed E-state index contributed by atoms with van der Waals surface area (Å²) in [6.45, 7) is 4.32. The van der Waals surface area contributed by atoms with Gasteiger partial charge in [-0.1, -0.05) is 44.2 Å². The molecule has 1 aliphatic heterocycles. The van der Waals surface area contributed by atoms with E-state index in [-0.39, 0.29) is 29.1 Å². The molecule has 182 valence electrons. The summed E-state index contributed by atoms with van der Waals surface area (Å²) in [5.74, 6) is -2.07. The normalized spacial score (nSPS) is 19.1. The predicted octanol–water partition coefficient (Wildman–Crippen LogP) is 3.13. The van der Waals surface area contributed by atoms with Crippen molar-refractivity contribution in [2.24, 2.45) is 5.92 Å². The monoisotopic (exact) mass is 489 g/mol. The summed E-state index contributed by atoms with van der Waals surface area (Å²) < 4.78 is 26.9. The van der Waals surface area contributed by atoms with Crippen LogP contribution in [0.1, 0.15) is 36.6 Å². The number of nitrogens with one attached hydrogen (secondary N) is 3. The molecule has 0 unspecified atom stereocenters. The summed E-state index contributed by atoms with van der Waals surface area (Å²) in [4.78, 5) is 38.7. The highest BCUT2D eigenvalue weighted by atomic mass is 32.2. The lowest BCUT2D eigenvalue weighted by Gasteiger charge is -2.27. The Kier molecular flexibility index (Phi) is 9.04. The first-order valence-corrected chi connectivity index (χ1v) is 12.3. The molecule has 2 aromatic carbocycles. The Bertz CT molecular complexity index is 999. The maximum atomic E-state index is 13.5. The molecule has 9 heteroatoms. The Hall–Kier alpha value is -2.94.